The molecule has 0 aliphatic rings. The fraction of sp³-hybridized carbons (Fsp3) is 0.750. The summed E-state index contributed by atoms with van der Waals surface area (Å²) >= 11 is 5.06. The molecule has 0 saturated carbocycles. The molecule has 0 bridgehead atoms. The summed E-state index contributed by atoms with van der Waals surface area (Å²) in [5.41, 5.74) is 0. The van der Waals surface area contributed by atoms with Crippen LogP contribution in [-0.4, -0.2) is 17.0 Å². The van der Waals surface area contributed by atoms with Crippen LogP contribution in [0.3, 0.4) is 0 Å². The maximum absolute atomic E-state index is 10.6. The van der Waals surface area contributed by atoms with Gasteiger partial charge in [0.25, 0.3) is 0 Å². The summed E-state index contributed by atoms with van der Waals surface area (Å²) in [5.74, 6) is -0.946. The van der Waals surface area contributed by atoms with E-state index in [9.17, 15) is 9.59 Å². The highest BCUT2D eigenvalue weighted by molar-refractivity contribution is 6.21. The highest BCUT2D eigenvalue weighted by Gasteiger charge is 1.99. The second-order valence-electron chi connectivity index (χ2n) is 2.83. The van der Waals surface area contributed by atoms with Gasteiger partial charge in [-0.25, -0.2) is 0 Å². The van der Waals surface area contributed by atoms with Gasteiger partial charge in [-0.3, -0.25) is 14.4 Å². The lowest BCUT2D eigenvalue weighted by Crippen LogP contribution is -2.11. The fourth-order valence-corrected chi connectivity index (χ4v) is 1.06. The number of hydrogen-bond donors (Lipinski definition) is 2. The van der Waals surface area contributed by atoms with Gasteiger partial charge in [0.2, 0.25) is 5.91 Å². The molecule has 4 nitrogen and oxygen atoms in total. The van der Waals surface area contributed by atoms with Gasteiger partial charge in [0.05, 0.1) is 0 Å². The molecule has 0 fully saturated rings. The number of halogens is 1. The van der Waals surface area contributed by atoms with Crippen LogP contribution in [0.25, 0.3) is 0 Å². The number of carbonyl (C=O) groups excluding carboxylic acids is 1. The first-order valence-corrected chi connectivity index (χ1v) is 4.66. The lowest BCUT2D eigenvalue weighted by atomic mass is 10.1. The SMILES string of the molecule is O=C(O)CCCCCCC(=O)NCl. The molecule has 0 heterocycles. The zero-order valence-electron chi connectivity index (χ0n) is 7.38. The van der Waals surface area contributed by atoms with Crippen molar-refractivity contribution in [3.05, 3.63) is 0 Å². The van der Waals surface area contributed by atoms with E-state index in [0.29, 0.717) is 12.8 Å². The van der Waals surface area contributed by atoms with E-state index in [-0.39, 0.29) is 12.3 Å². The molecule has 0 aromatic rings. The van der Waals surface area contributed by atoms with Crippen LogP contribution in [0.5, 0.6) is 0 Å². The molecule has 0 atom stereocenters. The van der Waals surface area contributed by atoms with Crippen LogP contribution in [0.4, 0.5) is 0 Å². The van der Waals surface area contributed by atoms with Crippen molar-refractivity contribution in [1.29, 1.82) is 0 Å². The van der Waals surface area contributed by atoms with Crippen LogP contribution in [0.2, 0.25) is 0 Å². The monoisotopic (exact) mass is 207 g/mol. The molecule has 0 radical (unpaired) electrons. The molecule has 0 saturated heterocycles. The molecule has 13 heavy (non-hydrogen) atoms. The molecule has 76 valence electrons. The Morgan fingerprint density at radius 2 is 1.62 bits per heavy atom. The molecule has 1 amide bonds. The quantitative estimate of drug-likeness (QED) is 0.493. The lowest BCUT2D eigenvalue weighted by molar-refractivity contribution is -0.137. The molecular formula is C8H14ClNO3. The van der Waals surface area contributed by atoms with Crippen molar-refractivity contribution in [3.8, 4) is 0 Å². The Kier molecular flexibility index (Phi) is 7.39. The summed E-state index contributed by atoms with van der Waals surface area (Å²) in [6, 6.07) is 0. The molecule has 0 aliphatic heterocycles. The first-order chi connectivity index (χ1) is 6.16. The van der Waals surface area contributed by atoms with E-state index in [4.69, 9.17) is 16.9 Å². The Balaban J connectivity index is 3.08. The molecule has 0 aliphatic carbocycles. The topological polar surface area (TPSA) is 66.4 Å². The largest absolute Gasteiger partial charge is 0.481 e. The Labute approximate surface area is 82.4 Å². The first kappa shape index (κ1) is 12.2. The van der Waals surface area contributed by atoms with Crippen molar-refractivity contribution in [2.24, 2.45) is 0 Å². The van der Waals surface area contributed by atoms with Crippen molar-refractivity contribution in [2.45, 2.75) is 38.5 Å². The van der Waals surface area contributed by atoms with Crippen molar-refractivity contribution < 1.29 is 14.7 Å². The fourth-order valence-electron chi connectivity index (χ4n) is 0.963. The van der Waals surface area contributed by atoms with Crippen molar-refractivity contribution in [1.82, 2.24) is 4.84 Å². The van der Waals surface area contributed by atoms with Gasteiger partial charge in [-0.05, 0) is 12.8 Å². The third kappa shape index (κ3) is 9.14. The summed E-state index contributed by atoms with van der Waals surface area (Å²) in [7, 11) is 0. The van der Waals surface area contributed by atoms with Crippen LogP contribution in [0, 0.1) is 0 Å². The van der Waals surface area contributed by atoms with E-state index in [1.807, 2.05) is 4.84 Å². The highest BCUT2D eigenvalue weighted by atomic mass is 35.5. The maximum atomic E-state index is 10.6. The molecule has 2 N–H and O–H groups in total. The number of nitrogens with one attached hydrogen (secondary N) is 1. The van der Waals surface area contributed by atoms with Crippen LogP contribution in [0.15, 0.2) is 0 Å². The molecular weight excluding hydrogens is 194 g/mol. The van der Waals surface area contributed by atoms with Gasteiger partial charge in [-0.1, -0.05) is 12.8 Å². The maximum Gasteiger partial charge on any atom is 0.303 e. The summed E-state index contributed by atoms with van der Waals surface area (Å²) < 4.78 is 0. The highest BCUT2D eigenvalue weighted by Crippen LogP contribution is 2.05. The smallest absolute Gasteiger partial charge is 0.303 e. The first-order valence-electron chi connectivity index (χ1n) is 4.28. The number of hydrogen-bond acceptors (Lipinski definition) is 2. The molecule has 0 spiro atoms. The summed E-state index contributed by atoms with van der Waals surface area (Å²) in [5, 5.41) is 8.31. The van der Waals surface area contributed by atoms with Gasteiger partial charge in [0.1, 0.15) is 0 Å². The minimum absolute atomic E-state index is 0.181. The number of aliphatic carboxylic acids is 1. The second-order valence-corrected chi connectivity index (χ2v) is 3.01. The summed E-state index contributed by atoms with van der Waals surface area (Å²) in [4.78, 5) is 22.7. The Hall–Kier alpha value is -0.770. The number of carboxylic acid groups (broad SMARTS) is 1. The Morgan fingerprint density at radius 1 is 1.08 bits per heavy atom. The minimum Gasteiger partial charge on any atom is -0.481 e. The van der Waals surface area contributed by atoms with Crippen LogP contribution >= 0.6 is 11.8 Å². The third-order valence-electron chi connectivity index (χ3n) is 1.65. The number of carboxylic acids is 1. The minimum atomic E-state index is -0.765. The zero-order chi connectivity index (χ0) is 10.1. The van der Waals surface area contributed by atoms with Crippen molar-refractivity contribution >= 4 is 23.7 Å². The standard InChI is InChI=1S/C8H14ClNO3/c9-10-7(11)5-3-1-2-4-6-8(12)13/h1-6H2,(H,10,11)(H,12,13). The van der Waals surface area contributed by atoms with Gasteiger partial charge in [0, 0.05) is 24.6 Å². The van der Waals surface area contributed by atoms with Crippen molar-refractivity contribution in [2.75, 3.05) is 0 Å². The van der Waals surface area contributed by atoms with Gasteiger partial charge in [-0.15, -0.1) is 0 Å². The Bertz CT molecular complexity index is 173. The molecule has 0 aromatic heterocycles. The number of carbonyl (C=O) groups is 2. The van der Waals surface area contributed by atoms with E-state index in [2.05, 4.69) is 0 Å². The third-order valence-corrected chi connectivity index (χ3v) is 1.86. The summed E-state index contributed by atoms with van der Waals surface area (Å²) in [6.45, 7) is 0. The van der Waals surface area contributed by atoms with Crippen LogP contribution in [0.1, 0.15) is 38.5 Å². The normalized spacial score (nSPS) is 9.62. The molecule has 5 heteroatoms. The number of amides is 1. The molecule has 0 rings (SSSR count). The second kappa shape index (κ2) is 7.86. The van der Waals surface area contributed by atoms with E-state index < -0.39 is 5.97 Å². The van der Waals surface area contributed by atoms with E-state index >= 15 is 0 Å². The predicted octanol–water partition coefficient (Wildman–Crippen LogP) is 1.68. The van der Waals surface area contributed by atoms with E-state index in [1.54, 1.807) is 0 Å². The average Bonchev–Trinajstić information content (AvgIpc) is 2.10. The van der Waals surface area contributed by atoms with Gasteiger partial charge in [0.15, 0.2) is 0 Å². The Morgan fingerprint density at radius 3 is 2.08 bits per heavy atom. The van der Waals surface area contributed by atoms with Crippen molar-refractivity contribution in [3.63, 3.8) is 0 Å². The number of rotatable bonds is 7. The van der Waals surface area contributed by atoms with E-state index in [1.165, 1.54) is 0 Å². The van der Waals surface area contributed by atoms with Gasteiger partial charge >= 0.3 is 5.97 Å². The van der Waals surface area contributed by atoms with Gasteiger partial charge < -0.3 is 5.11 Å². The molecule has 0 aromatic carbocycles. The van der Waals surface area contributed by atoms with E-state index in [0.717, 1.165) is 19.3 Å². The average molecular weight is 208 g/mol. The number of unbranched alkanes of at least 4 members (excludes halogenated alkanes) is 3. The zero-order valence-corrected chi connectivity index (χ0v) is 8.14. The molecule has 0 unspecified atom stereocenters. The predicted molar refractivity (Wildman–Crippen MR) is 49.3 cm³/mol. The summed E-state index contributed by atoms with van der Waals surface area (Å²) in [6.07, 6.45) is 3.79. The lowest BCUT2D eigenvalue weighted by Gasteiger charge is -1.98. The van der Waals surface area contributed by atoms with Crippen LogP contribution in [-0.2, 0) is 9.59 Å². The van der Waals surface area contributed by atoms with Crippen LogP contribution < -0.4 is 4.84 Å². The van der Waals surface area contributed by atoms with Gasteiger partial charge in [-0.2, -0.15) is 0 Å².